The molecule has 0 amide bonds. The molecule has 3 N–H and O–H groups in total. The first-order valence-electron chi connectivity index (χ1n) is 11.2. The van der Waals surface area contributed by atoms with E-state index in [9.17, 15) is 9.50 Å². The van der Waals surface area contributed by atoms with Gasteiger partial charge in [-0.3, -0.25) is 0 Å². The third-order valence-corrected chi connectivity index (χ3v) is 6.29. The Balaban J connectivity index is 1.54. The van der Waals surface area contributed by atoms with Crippen molar-refractivity contribution >= 4 is 40.3 Å². The zero-order valence-corrected chi connectivity index (χ0v) is 18.9. The van der Waals surface area contributed by atoms with Crippen LogP contribution in [0, 0.1) is 5.82 Å². The molecule has 0 bridgehead atoms. The van der Waals surface area contributed by atoms with E-state index in [0.29, 0.717) is 28.5 Å². The van der Waals surface area contributed by atoms with Crippen molar-refractivity contribution < 1.29 is 9.50 Å². The SMILES string of the molecule is OC[C@@H](Nc1nc2nc(N3CCNCC3)nc(N3CCCC3)c2nc1Cl)c1ccc(F)cc1. The van der Waals surface area contributed by atoms with E-state index in [-0.39, 0.29) is 17.6 Å². The molecule has 0 unspecified atom stereocenters. The molecular weight excluding hydrogens is 447 g/mol. The Morgan fingerprint density at radius 3 is 2.42 bits per heavy atom. The number of hydrogen-bond acceptors (Lipinski definition) is 9. The Kier molecular flexibility index (Phi) is 6.39. The van der Waals surface area contributed by atoms with Gasteiger partial charge in [-0.2, -0.15) is 9.97 Å². The summed E-state index contributed by atoms with van der Waals surface area (Å²) in [5.41, 5.74) is 1.72. The maximum Gasteiger partial charge on any atom is 0.229 e. The Morgan fingerprint density at radius 2 is 1.73 bits per heavy atom. The van der Waals surface area contributed by atoms with Crippen LogP contribution in [0.25, 0.3) is 11.2 Å². The fraction of sp³-hybridized carbons (Fsp3) is 0.455. The number of hydrogen-bond donors (Lipinski definition) is 3. The highest BCUT2D eigenvalue weighted by atomic mass is 35.5. The first-order valence-corrected chi connectivity index (χ1v) is 11.6. The van der Waals surface area contributed by atoms with Gasteiger partial charge in [0.25, 0.3) is 0 Å². The zero-order valence-electron chi connectivity index (χ0n) is 18.1. The summed E-state index contributed by atoms with van der Waals surface area (Å²) >= 11 is 6.51. The van der Waals surface area contributed by atoms with Crippen molar-refractivity contribution in [3.8, 4) is 0 Å². The number of aliphatic hydroxyl groups is 1. The minimum atomic E-state index is -0.526. The summed E-state index contributed by atoms with van der Waals surface area (Å²) in [5, 5.41) is 16.6. The monoisotopic (exact) mass is 472 g/mol. The molecule has 2 fully saturated rings. The van der Waals surface area contributed by atoms with E-state index in [4.69, 9.17) is 21.6 Å². The first-order chi connectivity index (χ1) is 16.1. The molecule has 1 atom stereocenters. The molecule has 4 heterocycles. The number of nitrogens with zero attached hydrogens (tertiary/aromatic N) is 6. The van der Waals surface area contributed by atoms with E-state index in [1.54, 1.807) is 12.1 Å². The number of rotatable bonds is 6. The molecule has 0 radical (unpaired) electrons. The van der Waals surface area contributed by atoms with Crippen molar-refractivity contribution in [2.24, 2.45) is 0 Å². The molecule has 33 heavy (non-hydrogen) atoms. The number of anilines is 3. The predicted molar refractivity (Wildman–Crippen MR) is 127 cm³/mol. The van der Waals surface area contributed by atoms with E-state index in [0.717, 1.165) is 57.9 Å². The van der Waals surface area contributed by atoms with E-state index in [2.05, 4.69) is 30.4 Å². The Morgan fingerprint density at radius 1 is 1.00 bits per heavy atom. The number of aliphatic hydroxyl groups excluding tert-OH is 1. The summed E-state index contributed by atoms with van der Waals surface area (Å²) < 4.78 is 13.3. The maximum atomic E-state index is 13.3. The van der Waals surface area contributed by atoms with Crippen LogP contribution in [0.1, 0.15) is 24.4 Å². The molecule has 174 valence electrons. The van der Waals surface area contributed by atoms with E-state index in [1.807, 2.05) is 0 Å². The standard InChI is InChI=1S/C22H26ClFN8O/c23-18-20(26-16(13-33)14-3-5-15(24)6-4-14)28-19-17(27-18)21(31-9-1-2-10-31)30-22(29-19)32-11-7-25-8-12-32/h3-6,16,25,33H,1-2,7-13H2,(H,26,28,29,30)/t16-/m1/s1. The molecule has 2 saturated heterocycles. The van der Waals surface area contributed by atoms with Crippen molar-refractivity contribution in [2.75, 3.05) is 61.0 Å². The van der Waals surface area contributed by atoms with E-state index < -0.39 is 6.04 Å². The second-order valence-electron chi connectivity index (χ2n) is 8.24. The van der Waals surface area contributed by atoms with Crippen LogP contribution in [0.5, 0.6) is 0 Å². The van der Waals surface area contributed by atoms with E-state index >= 15 is 0 Å². The highest BCUT2D eigenvalue weighted by molar-refractivity contribution is 6.32. The fourth-order valence-electron chi connectivity index (χ4n) is 4.24. The van der Waals surface area contributed by atoms with Gasteiger partial charge in [0.15, 0.2) is 28.0 Å². The third-order valence-electron chi connectivity index (χ3n) is 6.03. The summed E-state index contributed by atoms with van der Waals surface area (Å²) in [5.74, 6) is 1.35. The number of piperazine rings is 1. The third kappa shape index (κ3) is 4.64. The molecule has 0 aliphatic carbocycles. The van der Waals surface area contributed by atoms with Crippen LogP contribution in [0.2, 0.25) is 5.15 Å². The van der Waals surface area contributed by atoms with Crippen LogP contribution < -0.4 is 20.4 Å². The molecule has 2 aliphatic heterocycles. The smallest absolute Gasteiger partial charge is 0.229 e. The number of aromatic nitrogens is 4. The Labute approximate surface area is 196 Å². The fourth-order valence-corrected chi connectivity index (χ4v) is 4.42. The predicted octanol–water partition coefficient (Wildman–Crippen LogP) is 2.37. The zero-order chi connectivity index (χ0) is 22.8. The lowest BCUT2D eigenvalue weighted by Crippen LogP contribution is -2.44. The Bertz CT molecular complexity index is 1120. The first kappa shape index (κ1) is 22.0. The number of benzene rings is 1. The van der Waals surface area contributed by atoms with Crippen LogP contribution in [0.3, 0.4) is 0 Å². The molecule has 0 saturated carbocycles. The Hall–Kier alpha value is -2.82. The van der Waals surface area contributed by atoms with Gasteiger partial charge in [-0.15, -0.1) is 0 Å². The van der Waals surface area contributed by atoms with Crippen molar-refractivity contribution in [3.63, 3.8) is 0 Å². The summed E-state index contributed by atoms with van der Waals surface area (Å²) in [6.45, 7) is 4.96. The molecule has 11 heteroatoms. The molecule has 1 aromatic carbocycles. The van der Waals surface area contributed by atoms with Crippen LogP contribution in [0.4, 0.5) is 22.0 Å². The second kappa shape index (κ2) is 9.58. The van der Waals surface area contributed by atoms with Gasteiger partial charge in [-0.1, -0.05) is 23.7 Å². The van der Waals surface area contributed by atoms with Crippen LogP contribution >= 0.6 is 11.6 Å². The minimum Gasteiger partial charge on any atom is -0.394 e. The van der Waals surface area contributed by atoms with Gasteiger partial charge in [0.05, 0.1) is 12.6 Å². The lowest BCUT2D eigenvalue weighted by Gasteiger charge is -2.28. The van der Waals surface area contributed by atoms with Crippen molar-refractivity contribution in [1.29, 1.82) is 0 Å². The number of halogens is 2. The molecule has 0 spiro atoms. The second-order valence-corrected chi connectivity index (χ2v) is 8.60. The van der Waals surface area contributed by atoms with Crippen molar-refractivity contribution in [3.05, 3.63) is 40.8 Å². The van der Waals surface area contributed by atoms with Crippen LogP contribution in [0.15, 0.2) is 24.3 Å². The van der Waals surface area contributed by atoms with Gasteiger partial charge in [0.1, 0.15) is 5.82 Å². The number of nitrogens with one attached hydrogen (secondary N) is 2. The van der Waals surface area contributed by atoms with Gasteiger partial charge < -0.3 is 25.5 Å². The van der Waals surface area contributed by atoms with Crippen LogP contribution in [-0.2, 0) is 0 Å². The summed E-state index contributed by atoms with van der Waals surface area (Å²) in [7, 11) is 0. The maximum absolute atomic E-state index is 13.3. The summed E-state index contributed by atoms with van der Waals surface area (Å²) in [6, 6.07) is 5.40. The quantitative estimate of drug-likeness (QED) is 0.499. The highest BCUT2D eigenvalue weighted by Gasteiger charge is 2.24. The normalized spacial score (nSPS) is 17.5. The average Bonchev–Trinajstić information content (AvgIpc) is 3.38. The van der Waals surface area contributed by atoms with Crippen molar-refractivity contribution in [1.82, 2.24) is 25.3 Å². The molecular formula is C22H26ClFN8O. The molecule has 5 rings (SSSR count). The van der Waals surface area contributed by atoms with Gasteiger partial charge >= 0.3 is 0 Å². The minimum absolute atomic E-state index is 0.169. The molecule has 3 aromatic rings. The lowest BCUT2D eigenvalue weighted by molar-refractivity contribution is 0.276. The van der Waals surface area contributed by atoms with Gasteiger partial charge in [0.2, 0.25) is 5.95 Å². The molecule has 2 aliphatic rings. The van der Waals surface area contributed by atoms with Crippen molar-refractivity contribution in [2.45, 2.75) is 18.9 Å². The van der Waals surface area contributed by atoms with E-state index in [1.165, 1.54) is 12.1 Å². The number of fused-ring (bicyclic) bond motifs is 1. The topological polar surface area (TPSA) is 102 Å². The van der Waals surface area contributed by atoms with Crippen LogP contribution in [-0.4, -0.2) is 70.9 Å². The van der Waals surface area contributed by atoms with Gasteiger partial charge in [-0.05, 0) is 30.5 Å². The molecule has 9 nitrogen and oxygen atoms in total. The lowest BCUT2D eigenvalue weighted by atomic mass is 10.1. The van der Waals surface area contributed by atoms with Gasteiger partial charge in [0, 0.05) is 39.3 Å². The summed E-state index contributed by atoms with van der Waals surface area (Å²) in [4.78, 5) is 23.2. The highest BCUT2D eigenvalue weighted by Crippen LogP contribution is 2.31. The average molecular weight is 473 g/mol. The summed E-state index contributed by atoms with van der Waals surface area (Å²) in [6.07, 6.45) is 2.20. The van der Waals surface area contributed by atoms with Gasteiger partial charge in [-0.25, -0.2) is 14.4 Å². The molecule has 2 aromatic heterocycles. The largest absolute Gasteiger partial charge is 0.394 e.